The highest BCUT2D eigenvalue weighted by atomic mass is 35.5. The molecule has 0 aliphatic carbocycles. The molecule has 1 saturated heterocycles. The van der Waals surface area contributed by atoms with Gasteiger partial charge in [0.15, 0.2) is 17.2 Å². The minimum Gasteiger partial charge on any atom is -0.483 e. The number of anilines is 2. The van der Waals surface area contributed by atoms with Gasteiger partial charge in [0, 0.05) is 68.4 Å². The highest BCUT2D eigenvalue weighted by molar-refractivity contribution is 6.34. The van der Waals surface area contributed by atoms with E-state index in [1.807, 2.05) is 0 Å². The first kappa shape index (κ1) is 30.4. The molecule has 228 valence electrons. The standard InChI is InChI=1S/C26H22ClF3N10O.CH2O2/c27-20-9-17(1-2-18(20)25(41)38-6-3-31-4-7-38)36-23-24-35-12-21(40(24)8-5-34-23)19-14-39(37-22(19)26(28,29)30)13-16-10-32-15-33-11-16;2-1-3/h1-2,5,8-12,14-15,31H,3-4,6-7,13H2,(H,34,36);1H,(H,2,3). The Bertz CT molecular complexity index is 1770. The van der Waals surface area contributed by atoms with Crippen LogP contribution in [0.15, 0.2) is 61.7 Å². The summed E-state index contributed by atoms with van der Waals surface area (Å²) in [6.07, 6.45) is 5.29. The minimum absolute atomic E-state index is 0.0585. The Balaban J connectivity index is 0.00000123. The number of aromatic nitrogens is 7. The summed E-state index contributed by atoms with van der Waals surface area (Å²) in [6, 6.07) is 4.93. The van der Waals surface area contributed by atoms with Gasteiger partial charge in [-0.1, -0.05) is 11.6 Å². The number of fused-ring (bicyclic) bond motifs is 1. The number of carbonyl (C=O) groups is 2. The topological polar surface area (TPSA) is 155 Å². The first-order chi connectivity index (χ1) is 21.2. The van der Waals surface area contributed by atoms with Gasteiger partial charge in [-0.25, -0.2) is 19.9 Å². The van der Waals surface area contributed by atoms with E-state index in [1.54, 1.807) is 23.1 Å². The van der Waals surface area contributed by atoms with Gasteiger partial charge >= 0.3 is 6.18 Å². The maximum absolute atomic E-state index is 14.0. The second-order valence-corrected chi connectivity index (χ2v) is 9.82. The number of imidazole rings is 1. The van der Waals surface area contributed by atoms with Crippen molar-refractivity contribution in [2.45, 2.75) is 12.7 Å². The van der Waals surface area contributed by atoms with E-state index >= 15 is 0 Å². The Kier molecular flexibility index (Phi) is 9.01. The molecular formula is C27H24ClF3N10O3. The number of nitrogens with one attached hydrogen (secondary N) is 2. The van der Waals surface area contributed by atoms with E-state index in [-0.39, 0.29) is 40.9 Å². The zero-order chi connectivity index (χ0) is 31.3. The fraction of sp³-hybridized carbons (Fsp3) is 0.222. The van der Waals surface area contributed by atoms with Crippen molar-refractivity contribution in [3.05, 3.63) is 83.6 Å². The Morgan fingerprint density at radius 2 is 1.86 bits per heavy atom. The molecule has 0 unspecified atom stereocenters. The average Bonchev–Trinajstić information content (AvgIpc) is 3.63. The van der Waals surface area contributed by atoms with Gasteiger partial charge in [0.05, 0.1) is 34.6 Å². The fourth-order valence-corrected chi connectivity index (χ4v) is 4.91. The summed E-state index contributed by atoms with van der Waals surface area (Å²) < 4.78 is 44.7. The smallest absolute Gasteiger partial charge is 0.435 e. The predicted molar refractivity (Wildman–Crippen MR) is 153 cm³/mol. The third kappa shape index (κ3) is 6.60. The molecule has 17 heteroatoms. The predicted octanol–water partition coefficient (Wildman–Crippen LogP) is 3.59. The van der Waals surface area contributed by atoms with Crippen LogP contribution >= 0.6 is 11.6 Å². The number of halogens is 4. The Morgan fingerprint density at radius 1 is 1.14 bits per heavy atom. The normalized spacial score (nSPS) is 13.3. The molecule has 6 rings (SSSR count). The Hall–Kier alpha value is -5.09. The molecule has 0 saturated carbocycles. The number of carbonyl (C=O) groups excluding carboxylic acids is 1. The average molecular weight is 629 g/mol. The van der Waals surface area contributed by atoms with Gasteiger partial charge in [0.1, 0.15) is 6.33 Å². The van der Waals surface area contributed by atoms with Crippen molar-refractivity contribution in [2.75, 3.05) is 31.5 Å². The third-order valence-electron chi connectivity index (χ3n) is 6.56. The molecule has 0 atom stereocenters. The SMILES string of the molecule is O=C(c1ccc(Nc2nccn3c(-c4cn(Cc5cncnc5)nc4C(F)(F)F)cnc23)cc1Cl)N1CCNCC1.O=CO. The summed E-state index contributed by atoms with van der Waals surface area (Å²) >= 11 is 6.46. The molecule has 1 aliphatic rings. The van der Waals surface area contributed by atoms with Crippen molar-refractivity contribution in [1.29, 1.82) is 0 Å². The van der Waals surface area contributed by atoms with Crippen LogP contribution in [0.4, 0.5) is 24.7 Å². The third-order valence-corrected chi connectivity index (χ3v) is 6.87. The van der Waals surface area contributed by atoms with Crippen LogP contribution in [0.2, 0.25) is 5.02 Å². The van der Waals surface area contributed by atoms with Gasteiger partial charge in [0.25, 0.3) is 12.4 Å². The summed E-state index contributed by atoms with van der Waals surface area (Å²) in [5.74, 6) is 0.139. The monoisotopic (exact) mass is 628 g/mol. The number of benzene rings is 1. The first-order valence-electron chi connectivity index (χ1n) is 13.0. The summed E-state index contributed by atoms with van der Waals surface area (Å²) in [5, 5.41) is 17.3. The van der Waals surface area contributed by atoms with E-state index in [4.69, 9.17) is 21.5 Å². The van der Waals surface area contributed by atoms with Gasteiger partial charge in [-0.05, 0) is 18.2 Å². The second-order valence-electron chi connectivity index (χ2n) is 9.41. The van der Waals surface area contributed by atoms with Gasteiger partial charge in [-0.2, -0.15) is 18.3 Å². The molecule has 5 aromatic rings. The van der Waals surface area contributed by atoms with E-state index in [2.05, 4.69) is 35.7 Å². The van der Waals surface area contributed by atoms with Crippen molar-refractivity contribution in [2.24, 2.45) is 0 Å². The number of rotatable bonds is 6. The number of alkyl halides is 3. The van der Waals surface area contributed by atoms with E-state index < -0.39 is 11.9 Å². The summed E-state index contributed by atoms with van der Waals surface area (Å²) in [7, 11) is 0. The van der Waals surface area contributed by atoms with E-state index in [0.717, 1.165) is 13.1 Å². The van der Waals surface area contributed by atoms with Crippen LogP contribution in [0.1, 0.15) is 21.6 Å². The second kappa shape index (κ2) is 13.0. The fourth-order valence-electron chi connectivity index (χ4n) is 4.65. The molecule has 0 bridgehead atoms. The number of piperazine rings is 1. The van der Waals surface area contributed by atoms with Crippen molar-refractivity contribution >= 4 is 41.1 Å². The van der Waals surface area contributed by atoms with Crippen LogP contribution < -0.4 is 10.6 Å². The maximum Gasteiger partial charge on any atom is 0.435 e. The molecule has 1 aliphatic heterocycles. The zero-order valence-corrected chi connectivity index (χ0v) is 23.5. The van der Waals surface area contributed by atoms with Crippen LogP contribution in [0, 0.1) is 0 Å². The zero-order valence-electron chi connectivity index (χ0n) is 22.7. The molecule has 44 heavy (non-hydrogen) atoms. The first-order valence-corrected chi connectivity index (χ1v) is 13.4. The number of amides is 1. The minimum atomic E-state index is -4.70. The number of carboxylic acid groups (broad SMARTS) is 1. The lowest BCUT2D eigenvalue weighted by Crippen LogP contribution is -2.46. The molecule has 0 spiro atoms. The van der Waals surface area contributed by atoms with Crippen LogP contribution in [0.25, 0.3) is 16.9 Å². The van der Waals surface area contributed by atoms with Gasteiger partial charge in [-0.3, -0.25) is 18.7 Å². The highest BCUT2D eigenvalue weighted by Gasteiger charge is 2.38. The molecule has 4 aromatic heterocycles. The van der Waals surface area contributed by atoms with Gasteiger partial charge in [-0.15, -0.1) is 0 Å². The van der Waals surface area contributed by atoms with Crippen molar-refractivity contribution in [1.82, 2.24) is 44.3 Å². The number of nitrogens with zero attached hydrogens (tertiary/aromatic N) is 8. The Morgan fingerprint density at radius 3 is 2.55 bits per heavy atom. The lowest BCUT2D eigenvalue weighted by Gasteiger charge is -2.27. The van der Waals surface area contributed by atoms with Crippen LogP contribution in [-0.2, 0) is 17.5 Å². The molecular weight excluding hydrogens is 605 g/mol. The van der Waals surface area contributed by atoms with Crippen molar-refractivity contribution in [3.63, 3.8) is 0 Å². The molecule has 3 N–H and O–H groups in total. The molecule has 0 radical (unpaired) electrons. The lowest BCUT2D eigenvalue weighted by molar-refractivity contribution is -0.141. The van der Waals surface area contributed by atoms with Crippen molar-refractivity contribution < 1.29 is 27.9 Å². The number of hydrogen-bond acceptors (Lipinski definition) is 9. The van der Waals surface area contributed by atoms with E-state index in [1.165, 1.54) is 52.6 Å². The van der Waals surface area contributed by atoms with Crippen molar-refractivity contribution in [3.8, 4) is 11.3 Å². The van der Waals surface area contributed by atoms with Crippen LogP contribution in [0.3, 0.4) is 0 Å². The number of hydrogen-bond donors (Lipinski definition) is 3. The molecule has 1 amide bonds. The molecule has 13 nitrogen and oxygen atoms in total. The van der Waals surface area contributed by atoms with Crippen LogP contribution in [-0.4, -0.2) is 82.7 Å². The van der Waals surface area contributed by atoms with E-state index in [0.29, 0.717) is 35.7 Å². The molecule has 5 heterocycles. The quantitative estimate of drug-likeness (QED) is 0.238. The Labute approximate surface area is 252 Å². The summed E-state index contributed by atoms with van der Waals surface area (Å²) in [5.41, 5.74) is 0.804. The summed E-state index contributed by atoms with van der Waals surface area (Å²) in [4.78, 5) is 39.5. The maximum atomic E-state index is 14.0. The summed E-state index contributed by atoms with van der Waals surface area (Å²) in [6.45, 7) is 2.44. The van der Waals surface area contributed by atoms with Gasteiger partial charge in [0.2, 0.25) is 0 Å². The van der Waals surface area contributed by atoms with Crippen LogP contribution in [0.5, 0.6) is 0 Å². The molecule has 1 aromatic carbocycles. The van der Waals surface area contributed by atoms with E-state index in [9.17, 15) is 18.0 Å². The highest BCUT2D eigenvalue weighted by Crippen LogP contribution is 2.37. The largest absolute Gasteiger partial charge is 0.483 e. The van der Waals surface area contributed by atoms with Gasteiger partial charge < -0.3 is 20.6 Å². The molecule has 1 fully saturated rings. The lowest BCUT2D eigenvalue weighted by atomic mass is 10.1.